The van der Waals surface area contributed by atoms with Crippen molar-refractivity contribution in [3.63, 3.8) is 0 Å². The molecule has 0 radical (unpaired) electrons. The number of hydrogen-bond acceptors (Lipinski definition) is 4. The first-order valence-corrected chi connectivity index (χ1v) is 6.37. The molecule has 9 heteroatoms. The molecule has 0 aliphatic heterocycles. The molecule has 4 nitrogen and oxygen atoms in total. The standard InChI is InChI=1S/C8H5ClF3NO3S/c1-4(14)6-2-5(8(10,11)12)3-7(13-6)17(9,15)16/h2-3H,1H3. The maximum absolute atomic E-state index is 12.4. The fourth-order valence-corrected chi connectivity index (χ4v) is 1.69. The molecular weight excluding hydrogens is 283 g/mol. The first kappa shape index (κ1) is 13.9. The highest BCUT2D eigenvalue weighted by atomic mass is 35.7. The number of Topliss-reactive ketones (excluding diaryl/α,β-unsaturated/α-hetero) is 1. The third kappa shape index (κ3) is 3.40. The van der Waals surface area contributed by atoms with E-state index in [1.54, 1.807) is 0 Å². The van der Waals surface area contributed by atoms with Crippen LogP contribution in [0.1, 0.15) is 23.0 Å². The summed E-state index contributed by atoms with van der Waals surface area (Å²) < 4.78 is 59.1. The smallest absolute Gasteiger partial charge is 0.293 e. The van der Waals surface area contributed by atoms with E-state index < -0.39 is 37.3 Å². The molecule has 1 aromatic rings. The predicted octanol–water partition coefficient (Wildman–Crippen LogP) is 2.23. The van der Waals surface area contributed by atoms with Gasteiger partial charge in [0, 0.05) is 17.6 Å². The van der Waals surface area contributed by atoms with E-state index in [-0.39, 0.29) is 6.07 Å². The SMILES string of the molecule is CC(=O)c1cc(C(F)(F)F)cc(S(=O)(=O)Cl)n1. The Labute approximate surface area is 98.8 Å². The number of ketones is 1. The summed E-state index contributed by atoms with van der Waals surface area (Å²) in [5.74, 6) is -0.794. The van der Waals surface area contributed by atoms with Gasteiger partial charge in [-0.2, -0.15) is 13.2 Å². The van der Waals surface area contributed by atoms with Crippen LogP contribution in [-0.4, -0.2) is 19.2 Å². The van der Waals surface area contributed by atoms with Gasteiger partial charge in [0.1, 0.15) is 5.69 Å². The lowest BCUT2D eigenvalue weighted by atomic mass is 10.2. The van der Waals surface area contributed by atoms with Crippen LogP contribution in [0.2, 0.25) is 0 Å². The average molecular weight is 288 g/mol. The Kier molecular flexibility index (Phi) is 3.49. The van der Waals surface area contributed by atoms with Crippen LogP contribution < -0.4 is 0 Å². The fraction of sp³-hybridized carbons (Fsp3) is 0.250. The summed E-state index contributed by atoms with van der Waals surface area (Å²) in [6, 6.07) is 0.739. The average Bonchev–Trinajstić information content (AvgIpc) is 2.14. The molecule has 94 valence electrons. The number of pyridine rings is 1. The van der Waals surface area contributed by atoms with Gasteiger partial charge in [-0.15, -0.1) is 0 Å². The van der Waals surface area contributed by atoms with Crippen LogP contribution in [0.25, 0.3) is 0 Å². The summed E-state index contributed by atoms with van der Waals surface area (Å²) in [5, 5.41) is -1.00. The maximum Gasteiger partial charge on any atom is 0.416 e. The second-order valence-electron chi connectivity index (χ2n) is 3.07. The zero-order chi connectivity index (χ0) is 13.4. The molecule has 0 unspecified atom stereocenters. The Hall–Kier alpha value is -1.15. The predicted molar refractivity (Wildman–Crippen MR) is 52.3 cm³/mol. The van der Waals surface area contributed by atoms with E-state index in [1.165, 1.54) is 0 Å². The topological polar surface area (TPSA) is 64.1 Å². The third-order valence-corrected chi connectivity index (χ3v) is 2.92. The molecule has 0 amide bonds. The monoisotopic (exact) mass is 287 g/mol. The summed E-state index contributed by atoms with van der Waals surface area (Å²) in [5.41, 5.74) is -1.91. The Morgan fingerprint density at radius 2 is 1.88 bits per heavy atom. The Morgan fingerprint density at radius 1 is 1.35 bits per heavy atom. The zero-order valence-corrected chi connectivity index (χ0v) is 9.82. The van der Waals surface area contributed by atoms with Crippen LogP contribution in [0.4, 0.5) is 13.2 Å². The van der Waals surface area contributed by atoms with Gasteiger partial charge in [0.15, 0.2) is 10.8 Å². The van der Waals surface area contributed by atoms with E-state index in [4.69, 9.17) is 10.7 Å². The minimum Gasteiger partial charge on any atom is -0.293 e. The first-order chi connectivity index (χ1) is 7.51. The highest BCUT2D eigenvalue weighted by Crippen LogP contribution is 2.31. The number of carbonyl (C=O) groups excluding carboxylic acids is 1. The molecule has 0 aromatic carbocycles. The Balaban J connectivity index is 3.56. The number of halogens is 4. The summed E-state index contributed by atoms with van der Waals surface area (Å²) in [6.45, 7) is 0.965. The minimum absolute atomic E-state index is 0.273. The van der Waals surface area contributed by atoms with Gasteiger partial charge in [0.05, 0.1) is 5.56 Å². The number of hydrogen-bond donors (Lipinski definition) is 0. The molecule has 0 N–H and O–H groups in total. The molecule has 0 fully saturated rings. The molecule has 0 saturated carbocycles. The van der Waals surface area contributed by atoms with Crippen LogP contribution in [-0.2, 0) is 15.2 Å². The van der Waals surface area contributed by atoms with Gasteiger partial charge in [0.25, 0.3) is 9.05 Å². The van der Waals surface area contributed by atoms with Gasteiger partial charge in [-0.3, -0.25) is 4.79 Å². The van der Waals surface area contributed by atoms with E-state index in [1.807, 2.05) is 0 Å². The van der Waals surface area contributed by atoms with Gasteiger partial charge >= 0.3 is 6.18 Å². The number of carbonyl (C=O) groups is 1. The van der Waals surface area contributed by atoms with Crippen LogP contribution in [0.15, 0.2) is 17.2 Å². The van der Waals surface area contributed by atoms with Gasteiger partial charge in [-0.1, -0.05) is 0 Å². The van der Waals surface area contributed by atoms with Gasteiger partial charge < -0.3 is 0 Å². The lowest BCUT2D eigenvalue weighted by Crippen LogP contribution is -2.11. The number of alkyl halides is 3. The van der Waals surface area contributed by atoms with E-state index in [0.717, 1.165) is 6.92 Å². The molecule has 0 atom stereocenters. The lowest BCUT2D eigenvalue weighted by molar-refractivity contribution is -0.137. The van der Waals surface area contributed by atoms with Crippen molar-refractivity contribution in [3.05, 3.63) is 23.4 Å². The van der Waals surface area contributed by atoms with Crippen molar-refractivity contribution >= 4 is 25.5 Å². The number of rotatable bonds is 2. The quantitative estimate of drug-likeness (QED) is 0.618. The second-order valence-corrected chi connectivity index (χ2v) is 5.58. The summed E-state index contributed by atoms with van der Waals surface area (Å²) in [7, 11) is 0.456. The fourth-order valence-electron chi connectivity index (χ4n) is 0.974. The molecule has 17 heavy (non-hydrogen) atoms. The largest absolute Gasteiger partial charge is 0.416 e. The first-order valence-electron chi connectivity index (χ1n) is 4.06. The number of nitrogens with zero attached hydrogens (tertiary/aromatic N) is 1. The lowest BCUT2D eigenvalue weighted by Gasteiger charge is -2.08. The van der Waals surface area contributed by atoms with E-state index in [2.05, 4.69) is 4.98 Å². The zero-order valence-electron chi connectivity index (χ0n) is 8.25. The van der Waals surface area contributed by atoms with E-state index in [0.29, 0.717) is 6.07 Å². The van der Waals surface area contributed by atoms with Crippen LogP contribution in [0.5, 0.6) is 0 Å². The summed E-state index contributed by atoms with van der Waals surface area (Å²) in [4.78, 5) is 14.2. The van der Waals surface area contributed by atoms with Crippen LogP contribution in [0.3, 0.4) is 0 Å². The van der Waals surface area contributed by atoms with E-state index in [9.17, 15) is 26.4 Å². The molecular formula is C8H5ClF3NO3S. The molecule has 1 heterocycles. The molecule has 1 rings (SSSR count). The van der Waals surface area contributed by atoms with Crippen molar-refractivity contribution in [2.75, 3.05) is 0 Å². The molecule has 0 aliphatic rings. The van der Waals surface area contributed by atoms with Gasteiger partial charge in [-0.25, -0.2) is 13.4 Å². The van der Waals surface area contributed by atoms with Crippen molar-refractivity contribution in [2.45, 2.75) is 18.1 Å². The van der Waals surface area contributed by atoms with E-state index >= 15 is 0 Å². The molecule has 0 saturated heterocycles. The molecule has 0 aliphatic carbocycles. The van der Waals surface area contributed by atoms with Crippen molar-refractivity contribution in [2.24, 2.45) is 0 Å². The Bertz CT molecular complexity index is 568. The van der Waals surface area contributed by atoms with Crippen molar-refractivity contribution < 1.29 is 26.4 Å². The Morgan fingerprint density at radius 3 is 2.24 bits per heavy atom. The third-order valence-electron chi connectivity index (χ3n) is 1.74. The van der Waals surface area contributed by atoms with Crippen LogP contribution >= 0.6 is 10.7 Å². The van der Waals surface area contributed by atoms with Crippen molar-refractivity contribution in [3.8, 4) is 0 Å². The minimum atomic E-state index is -4.79. The summed E-state index contributed by atoms with van der Waals surface area (Å²) in [6.07, 6.45) is -4.79. The highest BCUT2D eigenvalue weighted by Gasteiger charge is 2.33. The van der Waals surface area contributed by atoms with Gasteiger partial charge in [-0.05, 0) is 12.1 Å². The normalized spacial score (nSPS) is 12.5. The summed E-state index contributed by atoms with van der Waals surface area (Å²) >= 11 is 0. The second kappa shape index (κ2) is 4.26. The van der Waals surface area contributed by atoms with Crippen molar-refractivity contribution in [1.29, 1.82) is 0 Å². The molecule has 0 bridgehead atoms. The van der Waals surface area contributed by atoms with Crippen LogP contribution in [0, 0.1) is 0 Å². The maximum atomic E-state index is 12.4. The molecule has 0 spiro atoms. The number of aromatic nitrogens is 1. The van der Waals surface area contributed by atoms with Gasteiger partial charge in [0.2, 0.25) is 0 Å². The molecule has 1 aromatic heterocycles. The highest BCUT2D eigenvalue weighted by molar-refractivity contribution is 8.13. The van der Waals surface area contributed by atoms with Crippen molar-refractivity contribution in [1.82, 2.24) is 4.98 Å².